The average molecular weight is 381 g/mol. The summed E-state index contributed by atoms with van der Waals surface area (Å²) < 4.78 is 15.7. The second-order valence-corrected chi connectivity index (χ2v) is 7.30. The highest BCUT2D eigenvalue weighted by Crippen LogP contribution is 2.23. The Labute approximate surface area is 163 Å². The van der Waals surface area contributed by atoms with E-state index in [1.165, 1.54) is 12.1 Å². The molecule has 146 valence electrons. The molecule has 1 fully saturated rings. The van der Waals surface area contributed by atoms with Gasteiger partial charge in [0.2, 0.25) is 0 Å². The van der Waals surface area contributed by atoms with Gasteiger partial charge in [-0.25, -0.2) is 4.39 Å². The predicted octanol–water partition coefficient (Wildman–Crippen LogP) is 2.39. The van der Waals surface area contributed by atoms with Crippen LogP contribution in [0, 0.1) is 5.82 Å². The number of piperazine rings is 1. The van der Waals surface area contributed by atoms with Gasteiger partial charge >= 0.3 is 0 Å². The first kappa shape index (κ1) is 18.4. The highest BCUT2D eigenvalue weighted by Gasteiger charge is 2.20. The molecule has 2 heterocycles. The number of fused-ring (bicyclic) bond motifs is 1. The Hall–Kier alpha value is -2.93. The Morgan fingerprint density at radius 2 is 1.89 bits per heavy atom. The van der Waals surface area contributed by atoms with E-state index >= 15 is 0 Å². The quantitative estimate of drug-likeness (QED) is 0.754. The molecule has 1 amide bonds. The van der Waals surface area contributed by atoms with Crippen molar-refractivity contribution in [1.82, 2.24) is 20.0 Å². The fraction of sp³-hybridized carbons (Fsp3) is 0.333. The third kappa shape index (κ3) is 3.71. The van der Waals surface area contributed by atoms with Gasteiger partial charge in [-0.3, -0.25) is 9.48 Å². The van der Waals surface area contributed by atoms with Crippen molar-refractivity contribution in [3.63, 3.8) is 0 Å². The molecule has 0 bridgehead atoms. The summed E-state index contributed by atoms with van der Waals surface area (Å²) in [4.78, 5) is 17.2. The molecule has 1 aliphatic rings. The smallest absolute Gasteiger partial charge is 0.253 e. The number of nitrogens with one attached hydrogen (secondary N) is 1. The predicted molar refractivity (Wildman–Crippen MR) is 108 cm³/mol. The lowest BCUT2D eigenvalue weighted by molar-refractivity contribution is 0.0951. The van der Waals surface area contributed by atoms with Crippen molar-refractivity contribution in [2.45, 2.75) is 6.54 Å². The third-order valence-electron chi connectivity index (χ3n) is 5.31. The molecule has 2 aromatic carbocycles. The van der Waals surface area contributed by atoms with Crippen molar-refractivity contribution in [3.8, 4) is 0 Å². The number of nitrogens with zero attached hydrogens (tertiary/aromatic N) is 4. The van der Waals surface area contributed by atoms with Crippen LogP contribution >= 0.6 is 0 Å². The fourth-order valence-corrected chi connectivity index (χ4v) is 3.59. The standard InChI is InChI=1S/C21H24FN5O/c1-25-7-9-27(10-8-25)19-6-5-17(22)12-18(19)21(28)23-13-15-3-4-16-14-24-26(2)20(16)11-15/h3-6,11-12,14H,7-10,13H2,1-2H3,(H,23,28). The van der Waals surface area contributed by atoms with E-state index in [9.17, 15) is 9.18 Å². The van der Waals surface area contributed by atoms with E-state index < -0.39 is 5.82 Å². The summed E-state index contributed by atoms with van der Waals surface area (Å²) in [6.45, 7) is 3.85. The molecule has 0 spiro atoms. The van der Waals surface area contributed by atoms with Crippen LogP contribution in [0.5, 0.6) is 0 Å². The number of amides is 1. The summed E-state index contributed by atoms with van der Waals surface area (Å²) in [5.41, 5.74) is 3.15. The normalized spacial score (nSPS) is 15.2. The Morgan fingerprint density at radius 1 is 1.11 bits per heavy atom. The lowest BCUT2D eigenvalue weighted by Crippen LogP contribution is -2.45. The molecule has 7 heteroatoms. The van der Waals surface area contributed by atoms with E-state index in [0.717, 1.165) is 48.3 Å². The average Bonchev–Trinajstić information content (AvgIpc) is 3.07. The van der Waals surface area contributed by atoms with Crippen molar-refractivity contribution in [2.75, 3.05) is 38.1 Å². The summed E-state index contributed by atoms with van der Waals surface area (Å²) >= 11 is 0. The number of hydrogen-bond acceptors (Lipinski definition) is 4. The SMILES string of the molecule is CN1CCN(c2ccc(F)cc2C(=O)NCc2ccc3cnn(C)c3c2)CC1. The molecule has 3 aromatic rings. The first-order valence-electron chi connectivity index (χ1n) is 9.43. The van der Waals surface area contributed by atoms with Gasteiger partial charge < -0.3 is 15.1 Å². The van der Waals surface area contributed by atoms with E-state index in [4.69, 9.17) is 0 Å². The highest BCUT2D eigenvalue weighted by atomic mass is 19.1. The molecule has 0 atom stereocenters. The lowest BCUT2D eigenvalue weighted by Gasteiger charge is -2.35. The fourth-order valence-electron chi connectivity index (χ4n) is 3.59. The van der Waals surface area contributed by atoms with E-state index in [2.05, 4.69) is 27.3 Å². The van der Waals surface area contributed by atoms with Crippen LogP contribution in [-0.4, -0.2) is 53.8 Å². The molecule has 1 aliphatic heterocycles. The van der Waals surface area contributed by atoms with Crippen molar-refractivity contribution in [3.05, 3.63) is 59.5 Å². The van der Waals surface area contributed by atoms with Crippen molar-refractivity contribution < 1.29 is 9.18 Å². The minimum absolute atomic E-state index is 0.265. The van der Waals surface area contributed by atoms with Crippen LogP contribution in [0.4, 0.5) is 10.1 Å². The van der Waals surface area contributed by atoms with Gasteiger partial charge in [0.15, 0.2) is 0 Å². The van der Waals surface area contributed by atoms with Crippen LogP contribution < -0.4 is 10.2 Å². The van der Waals surface area contributed by atoms with Gasteiger partial charge in [-0.2, -0.15) is 5.10 Å². The molecular weight excluding hydrogens is 357 g/mol. The van der Waals surface area contributed by atoms with Crippen LogP contribution in [-0.2, 0) is 13.6 Å². The van der Waals surface area contributed by atoms with Crippen molar-refractivity contribution in [2.24, 2.45) is 7.05 Å². The van der Waals surface area contributed by atoms with Gasteiger partial charge in [0.05, 0.1) is 17.3 Å². The molecular formula is C21H24FN5O. The lowest BCUT2D eigenvalue weighted by atomic mass is 10.1. The third-order valence-corrected chi connectivity index (χ3v) is 5.31. The van der Waals surface area contributed by atoms with E-state index in [1.54, 1.807) is 10.7 Å². The number of carbonyl (C=O) groups is 1. The molecule has 0 aliphatic carbocycles. The molecule has 6 nitrogen and oxygen atoms in total. The molecule has 4 rings (SSSR count). The Bertz CT molecular complexity index is 1010. The largest absolute Gasteiger partial charge is 0.368 e. The number of hydrogen-bond donors (Lipinski definition) is 1. The minimum atomic E-state index is -0.403. The van der Waals surface area contributed by atoms with Crippen LogP contribution in [0.3, 0.4) is 0 Å². The Morgan fingerprint density at radius 3 is 2.68 bits per heavy atom. The highest BCUT2D eigenvalue weighted by molar-refractivity contribution is 5.99. The molecule has 1 aromatic heterocycles. The number of benzene rings is 2. The van der Waals surface area contributed by atoms with Gasteiger partial charge in [-0.05, 0) is 36.9 Å². The summed E-state index contributed by atoms with van der Waals surface area (Å²) in [6, 6.07) is 10.4. The molecule has 0 radical (unpaired) electrons. The molecule has 1 N–H and O–H groups in total. The van der Waals surface area contributed by atoms with Gasteiger partial charge in [-0.1, -0.05) is 12.1 Å². The summed E-state index contributed by atoms with van der Waals surface area (Å²) in [6.07, 6.45) is 1.81. The van der Waals surface area contributed by atoms with Crippen LogP contribution in [0.2, 0.25) is 0 Å². The molecule has 1 saturated heterocycles. The number of rotatable bonds is 4. The minimum Gasteiger partial charge on any atom is -0.368 e. The monoisotopic (exact) mass is 381 g/mol. The number of aryl methyl sites for hydroxylation is 1. The molecule has 28 heavy (non-hydrogen) atoms. The second-order valence-electron chi connectivity index (χ2n) is 7.30. The zero-order valence-corrected chi connectivity index (χ0v) is 16.2. The van der Waals surface area contributed by atoms with E-state index in [1.807, 2.05) is 31.4 Å². The Kier molecular flexibility index (Phi) is 5.00. The number of likely N-dealkylation sites (N-methyl/N-ethyl adjacent to an activating group) is 1. The summed E-state index contributed by atoms with van der Waals surface area (Å²) in [7, 11) is 3.97. The van der Waals surface area contributed by atoms with Crippen LogP contribution in [0.25, 0.3) is 10.9 Å². The molecule has 0 unspecified atom stereocenters. The Balaban J connectivity index is 1.52. The van der Waals surface area contributed by atoms with Gasteiger partial charge in [0.1, 0.15) is 5.82 Å². The summed E-state index contributed by atoms with van der Waals surface area (Å²) in [5.74, 6) is -0.669. The number of carbonyl (C=O) groups excluding carboxylic acids is 1. The maximum Gasteiger partial charge on any atom is 0.253 e. The van der Waals surface area contributed by atoms with Crippen molar-refractivity contribution >= 4 is 22.5 Å². The van der Waals surface area contributed by atoms with Crippen LogP contribution in [0.15, 0.2) is 42.6 Å². The summed E-state index contributed by atoms with van der Waals surface area (Å²) in [5, 5.41) is 8.23. The zero-order valence-electron chi connectivity index (χ0n) is 16.2. The first-order valence-corrected chi connectivity index (χ1v) is 9.43. The van der Waals surface area contributed by atoms with Crippen LogP contribution in [0.1, 0.15) is 15.9 Å². The van der Waals surface area contributed by atoms with Gasteiger partial charge in [0.25, 0.3) is 5.91 Å². The number of anilines is 1. The molecule has 0 saturated carbocycles. The number of halogens is 1. The topological polar surface area (TPSA) is 53.4 Å². The van der Waals surface area contributed by atoms with Gasteiger partial charge in [-0.15, -0.1) is 0 Å². The van der Waals surface area contributed by atoms with E-state index in [-0.39, 0.29) is 5.91 Å². The maximum atomic E-state index is 13.9. The van der Waals surface area contributed by atoms with Gasteiger partial charge in [0, 0.05) is 50.8 Å². The van der Waals surface area contributed by atoms with E-state index in [0.29, 0.717) is 12.1 Å². The van der Waals surface area contributed by atoms with Crippen molar-refractivity contribution in [1.29, 1.82) is 0 Å². The second kappa shape index (κ2) is 7.59. The first-order chi connectivity index (χ1) is 13.5. The maximum absolute atomic E-state index is 13.9. The zero-order chi connectivity index (χ0) is 19.7. The number of aromatic nitrogens is 2.